The van der Waals surface area contributed by atoms with E-state index in [4.69, 9.17) is 4.74 Å². The number of aryl methyl sites for hydroxylation is 2. The van der Waals surface area contributed by atoms with Gasteiger partial charge < -0.3 is 10.1 Å². The molecule has 0 bridgehead atoms. The largest absolute Gasteiger partial charge is 0.379 e. The smallest absolute Gasteiger partial charge is 0.261 e. The van der Waals surface area contributed by atoms with E-state index in [-0.39, 0.29) is 10.6 Å². The second kappa shape index (κ2) is 11.0. The molecule has 3 aromatic rings. The Hall–Kier alpha value is -3.25. The van der Waals surface area contributed by atoms with Crippen LogP contribution in [0.25, 0.3) is 0 Å². The van der Waals surface area contributed by atoms with Gasteiger partial charge in [0.1, 0.15) is 0 Å². The number of benzene rings is 3. The Morgan fingerprint density at radius 1 is 0.892 bits per heavy atom. The van der Waals surface area contributed by atoms with Gasteiger partial charge in [-0.2, -0.15) is 4.31 Å². The summed E-state index contributed by atoms with van der Waals surface area (Å²) in [5, 5.41) is 2.73. The first kappa shape index (κ1) is 26.8. The number of morpholine rings is 1. The Morgan fingerprint density at radius 2 is 1.54 bits per heavy atom. The number of nitrogens with zero attached hydrogens (tertiary/aromatic N) is 1. The highest BCUT2D eigenvalue weighted by Gasteiger charge is 2.24. The first-order chi connectivity index (χ1) is 17.5. The van der Waals surface area contributed by atoms with Gasteiger partial charge in [-0.25, -0.2) is 16.8 Å². The number of rotatable bonds is 8. The minimum Gasteiger partial charge on any atom is -0.379 e. The topological polar surface area (TPSA) is 122 Å². The van der Waals surface area contributed by atoms with Crippen LogP contribution in [0, 0.1) is 13.8 Å². The predicted molar refractivity (Wildman–Crippen MR) is 143 cm³/mol. The SMILES string of the molecule is Cc1ccc(NS(=O)(=O)c2ccc(NC(=O)c3ccc(CS(=O)(=O)N4CCOCC4)cc3)cc2)c(C)c1. The molecule has 0 aromatic heterocycles. The van der Waals surface area contributed by atoms with Gasteiger partial charge in [-0.05, 0) is 67.4 Å². The van der Waals surface area contributed by atoms with Gasteiger partial charge in [-0.3, -0.25) is 9.52 Å². The number of nitrogens with one attached hydrogen (secondary N) is 2. The molecule has 0 saturated carbocycles. The Morgan fingerprint density at radius 3 is 2.16 bits per heavy atom. The third-order valence-corrected chi connectivity index (χ3v) is 9.21. The van der Waals surface area contributed by atoms with E-state index in [0.717, 1.165) is 11.1 Å². The minimum atomic E-state index is -3.80. The molecule has 0 aliphatic carbocycles. The molecule has 0 radical (unpaired) electrons. The maximum absolute atomic E-state index is 12.8. The van der Waals surface area contributed by atoms with Gasteiger partial charge in [0.15, 0.2) is 0 Å². The van der Waals surface area contributed by atoms with Crippen molar-refractivity contribution in [3.05, 3.63) is 89.0 Å². The van der Waals surface area contributed by atoms with Crippen molar-refractivity contribution in [2.45, 2.75) is 24.5 Å². The van der Waals surface area contributed by atoms with Crippen LogP contribution in [-0.2, 0) is 30.5 Å². The normalized spacial score (nSPS) is 14.8. The fourth-order valence-corrected chi connectivity index (χ4v) is 6.56. The summed E-state index contributed by atoms with van der Waals surface area (Å²) in [5.74, 6) is -0.548. The van der Waals surface area contributed by atoms with E-state index in [9.17, 15) is 21.6 Å². The summed E-state index contributed by atoms with van der Waals surface area (Å²) < 4.78 is 59.9. The third-order valence-electron chi connectivity index (χ3n) is 5.98. The van der Waals surface area contributed by atoms with Crippen molar-refractivity contribution in [1.82, 2.24) is 4.31 Å². The number of carbonyl (C=O) groups is 1. The summed E-state index contributed by atoms with van der Waals surface area (Å²) in [4.78, 5) is 12.7. The molecule has 0 unspecified atom stereocenters. The molecule has 1 fully saturated rings. The molecule has 2 N–H and O–H groups in total. The average Bonchev–Trinajstić information content (AvgIpc) is 2.87. The highest BCUT2D eigenvalue weighted by Crippen LogP contribution is 2.22. The van der Waals surface area contributed by atoms with Crippen LogP contribution in [-0.4, -0.2) is 53.4 Å². The molecule has 1 heterocycles. The quantitative estimate of drug-likeness (QED) is 0.448. The molecule has 0 spiro atoms. The summed E-state index contributed by atoms with van der Waals surface area (Å²) in [5.41, 5.74) is 3.71. The van der Waals surface area contributed by atoms with Crippen molar-refractivity contribution in [1.29, 1.82) is 0 Å². The summed E-state index contributed by atoms with van der Waals surface area (Å²) in [6.45, 7) is 5.21. The molecule has 196 valence electrons. The number of hydrogen-bond acceptors (Lipinski definition) is 6. The van der Waals surface area contributed by atoms with Crippen molar-refractivity contribution in [3.8, 4) is 0 Å². The second-order valence-corrected chi connectivity index (χ2v) is 12.5. The third kappa shape index (κ3) is 6.75. The summed E-state index contributed by atoms with van der Waals surface area (Å²) >= 11 is 0. The van der Waals surface area contributed by atoms with Gasteiger partial charge in [-0.1, -0.05) is 29.8 Å². The van der Waals surface area contributed by atoms with Gasteiger partial charge in [-0.15, -0.1) is 0 Å². The molecule has 1 aliphatic rings. The van der Waals surface area contributed by atoms with Crippen LogP contribution in [0.1, 0.15) is 27.0 Å². The number of carbonyl (C=O) groups excluding carboxylic acids is 1. The van der Waals surface area contributed by atoms with Gasteiger partial charge in [0, 0.05) is 24.3 Å². The molecule has 1 amide bonds. The van der Waals surface area contributed by atoms with Crippen molar-refractivity contribution >= 4 is 37.3 Å². The lowest BCUT2D eigenvalue weighted by Gasteiger charge is -2.26. The molecule has 4 rings (SSSR count). The number of amides is 1. The zero-order valence-corrected chi connectivity index (χ0v) is 22.2. The fourth-order valence-electron chi connectivity index (χ4n) is 3.93. The van der Waals surface area contributed by atoms with E-state index in [1.807, 2.05) is 26.0 Å². The zero-order chi connectivity index (χ0) is 26.6. The Labute approximate surface area is 217 Å². The van der Waals surface area contributed by atoms with Gasteiger partial charge in [0.25, 0.3) is 15.9 Å². The Kier molecular flexibility index (Phi) is 7.98. The fraction of sp³-hybridized carbons (Fsp3) is 0.269. The molecular weight excluding hydrogens is 514 g/mol. The highest BCUT2D eigenvalue weighted by atomic mass is 32.2. The lowest BCUT2D eigenvalue weighted by Crippen LogP contribution is -2.41. The second-order valence-electron chi connectivity index (χ2n) is 8.87. The molecule has 11 heteroatoms. The number of anilines is 2. The standard InChI is InChI=1S/C26H29N3O6S2/c1-19-3-12-25(20(2)17-19)28-37(33,34)24-10-8-23(9-11-24)27-26(30)22-6-4-21(5-7-22)18-36(31,32)29-13-15-35-16-14-29/h3-12,17,28H,13-16,18H2,1-2H3,(H,27,30). The van der Waals surface area contributed by atoms with Crippen LogP contribution in [0.15, 0.2) is 71.6 Å². The van der Waals surface area contributed by atoms with Crippen LogP contribution in [0.2, 0.25) is 0 Å². The average molecular weight is 544 g/mol. The lowest BCUT2D eigenvalue weighted by atomic mass is 10.1. The minimum absolute atomic E-state index is 0.0660. The van der Waals surface area contributed by atoms with E-state index in [0.29, 0.717) is 48.8 Å². The summed E-state index contributed by atoms with van der Waals surface area (Å²) in [7, 11) is -7.26. The van der Waals surface area contributed by atoms with E-state index in [2.05, 4.69) is 10.0 Å². The molecule has 0 atom stereocenters. The summed E-state index contributed by atoms with van der Waals surface area (Å²) in [6.07, 6.45) is 0. The number of sulfonamides is 2. The van der Waals surface area contributed by atoms with E-state index < -0.39 is 26.0 Å². The van der Waals surface area contributed by atoms with E-state index >= 15 is 0 Å². The van der Waals surface area contributed by atoms with E-state index in [1.165, 1.54) is 28.6 Å². The van der Waals surface area contributed by atoms with Crippen molar-refractivity contribution in [3.63, 3.8) is 0 Å². The van der Waals surface area contributed by atoms with Crippen LogP contribution in [0.3, 0.4) is 0 Å². The Bertz CT molecular complexity index is 1480. The molecule has 1 saturated heterocycles. The first-order valence-corrected chi connectivity index (χ1v) is 14.8. The van der Waals surface area contributed by atoms with Crippen LogP contribution >= 0.6 is 0 Å². The Balaban J connectivity index is 1.38. The van der Waals surface area contributed by atoms with Crippen LogP contribution < -0.4 is 10.0 Å². The lowest BCUT2D eigenvalue weighted by molar-refractivity contribution is 0.0729. The predicted octanol–water partition coefficient (Wildman–Crippen LogP) is 3.52. The molecule has 37 heavy (non-hydrogen) atoms. The van der Waals surface area contributed by atoms with Gasteiger partial charge >= 0.3 is 0 Å². The zero-order valence-electron chi connectivity index (χ0n) is 20.6. The summed E-state index contributed by atoms with van der Waals surface area (Å²) in [6, 6.07) is 17.7. The highest BCUT2D eigenvalue weighted by molar-refractivity contribution is 7.92. The van der Waals surface area contributed by atoms with Gasteiger partial charge in [0.2, 0.25) is 10.0 Å². The van der Waals surface area contributed by atoms with E-state index in [1.54, 1.807) is 30.3 Å². The molecular formula is C26H29N3O6S2. The van der Waals surface area contributed by atoms with Crippen LogP contribution in [0.5, 0.6) is 0 Å². The maximum atomic E-state index is 12.8. The van der Waals surface area contributed by atoms with Crippen molar-refractivity contribution < 1.29 is 26.4 Å². The van der Waals surface area contributed by atoms with Crippen LogP contribution in [0.4, 0.5) is 11.4 Å². The molecule has 9 nitrogen and oxygen atoms in total. The maximum Gasteiger partial charge on any atom is 0.261 e. The van der Waals surface area contributed by atoms with Crippen molar-refractivity contribution in [2.24, 2.45) is 0 Å². The monoisotopic (exact) mass is 543 g/mol. The van der Waals surface area contributed by atoms with Crippen molar-refractivity contribution in [2.75, 3.05) is 36.3 Å². The van der Waals surface area contributed by atoms with Gasteiger partial charge in [0.05, 0.1) is 29.5 Å². The molecule has 3 aromatic carbocycles. The molecule has 1 aliphatic heterocycles. The number of ether oxygens (including phenoxy) is 1. The first-order valence-electron chi connectivity index (χ1n) is 11.7. The number of hydrogen-bond donors (Lipinski definition) is 2.